The summed E-state index contributed by atoms with van der Waals surface area (Å²) in [4.78, 5) is 11.4. The number of rotatable bonds is 4. The molecule has 1 heterocycles. The van der Waals surface area contributed by atoms with Crippen LogP contribution in [0.3, 0.4) is 0 Å². The second-order valence-electron chi connectivity index (χ2n) is 4.31. The molecule has 0 unspecified atom stereocenters. The summed E-state index contributed by atoms with van der Waals surface area (Å²) in [5.41, 5.74) is 0. The first-order valence-electron chi connectivity index (χ1n) is 5.59. The number of ketones is 1. The quantitative estimate of drug-likeness (QED) is 0.595. The molecule has 1 saturated heterocycles. The van der Waals surface area contributed by atoms with Crippen molar-refractivity contribution in [2.24, 2.45) is 0 Å². The first-order valence-corrected chi connectivity index (χ1v) is 5.59. The lowest BCUT2D eigenvalue weighted by molar-refractivity contribution is -0.923. The van der Waals surface area contributed by atoms with Crippen LogP contribution in [0.1, 0.15) is 39.5 Å². The lowest BCUT2D eigenvalue weighted by Crippen LogP contribution is -3.00. The van der Waals surface area contributed by atoms with Crippen molar-refractivity contribution in [2.45, 2.75) is 39.5 Å². The number of halogens is 1. The first kappa shape index (κ1) is 14.1. The predicted octanol–water partition coefficient (Wildman–Crippen LogP) is -1.01. The second kappa shape index (κ2) is 6.57. The second-order valence-corrected chi connectivity index (χ2v) is 4.31. The molecule has 1 aliphatic heterocycles. The predicted molar refractivity (Wildman–Crippen MR) is 54.6 cm³/mol. The van der Waals surface area contributed by atoms with Crippen molar-refractivity contribution in [3.8, 4) is 0 Å². The summed E-state index contributed by atoms with van der Waals surface area (Å²) in [7, 11) is 0. The highest BCUT2D eigenvalue weighted by atomic mass is 79.9. The Bertz CT molecular complexity index is 171. The molecule has 0 bridgehead atoms. The SMILES string of the molecule is CCC[N+]1(CCC)CCCC(=O)C1.[Br-]. The summed E-state index contributed by atoms with van der Waals surface area (Å²) in [6, 6.07) is 0. The molecule has 0 atom stereocenters. The zero-order valence-corrected chi connectivity index (χ0v) is 11.0. The molecule has 0 saturated carbocycles. The van der Waals surface area contributed by atoms with Crippen molar-refractivity contribution < 1.29 is 26.3 Å². The van der Waals surface area contributed by atoms with Gasteiger partial charge < -0.3 is 21.5 Å². The molecule has 1 fully saturated rings. The van der Waals surface area contributed by atoms with E-state index < -0.39 is 0 Å². The fourth-order valence-electron chi connectivity index (χ4n) is 2.59. The summed E-state index contributed by atoms with van der Waals surface area (Å²) in [6.45, 7) is 8.86. The summed E-state index contributed by atoms with van der Waals surface area (Å²) < 4.78 is 1.08. The number of hydrogen-bond acceptors (Lipinski definition) is 1. The van der Waals surface area contributed by atoms with E-state index in [2.05, 4.69) is 13.8 Å². The third-order valence-electron chi connectivity index (χ3n) is 3.00. The van der Waals surface area contributed by atoms with Gasteiger partial charge in [0.2, 0.25) is 0 Å². The highest BCUT2D eigenvalue weighted by Gasteiger charge is 2.32. The molecule has 2 nitrogen and oxygen atoms in total. The lowest BCUT2D eigenvalue weighted by Gasteiger charge is -2.40. The van der Waals surface area contributed by atoms with E-state index in [-0.39, 0.29) is 17.0 Å². The Kier molecular flexibility index (Phi) is 6.62. The number of hydrogen-bond donors (Lipinski definition) is 0. The van der Waals surface area contributed by atoms with Gasteiger partial charge in [-0.15, -0.1) is 0 Å². The molecule has 0 aromatic heterocycles. The third-order valence-corrected chi connectivity index (χ3v) is 3.00. The number of nitrogens with zero attached hydrogens (tertiary/aromatic N) is 1. The van der Waals surface area contributed by atoms with Gasteiger partial charge in [-0.05, 0) is 12.8 Å². The van der Waals surface area contributed by atoms with Crippen LogP contribution >= 0.6 is 0 Å². The van der Waals surface area contributed by atoms with Gasteiger partial charge in [-0.3, -0.25) is 4.79 Å². The number of Topliss-reactive ketones (excluding diaryl/α,β-unsaturated/α-hetero) is 1. The van der Waals surface area contributed by atoms with Gasteiger partial charge >= 0.3 is 0 Å². The van der Waals surface area contributed by atoms with E-state index in [0.29, 0.717) is 5.78 Å². The van der Waals surface area contributed by atoms with E-state index in [1.165, 1.54) is 32.5 Å². The lowest BCUT2D eigenvalue weighted by atomic mass is 10.1. The van der Waals surface area contributed by atoms with Crippen LogP contribution < -0.4 is 17.0 Å². The molecule has 0 spiro atoms. The molecule has 3 heteroatoms. The van der Waals surface area contributed by atoms with Crippen LogP contribution in [0.15, 0.2) is 0 Å². The smallest absolute Gasteiger partial charge is 0.187 e. The molecule has 0 aromatic rings. The number of quaternary nitrogens is 1. The summed E-state index contributed by atoms with van der Waals surface area (Å²) >= 11 is 0. The minimum atomic E-state index is 0. The minimum absolute atomic E-state index is 0. The van der Waals surface area contributed by atoms with Crippen LogP contribution in [0.4, 0.5) is 0 Å². The maximum absolute atomic E-state index is 11.4. The molecule has 14 heavy (non-hydrogen) atoms. The zero-order valence-electron chi connectivity index (χ0n) is 9.39. The van der Waals surface area contributed by atoms with Gasteiger partial charge in [-0.2, -0.15) is 0 Å². The Balaban J connectivity index is 0.00000169. The zero-order chi connectivity index (χ0) is 9.73. The average Bonchev–Trinajstić information content (AvgIpc) is 2.04. The molecule has 0 N–H and O–H groups in total. The Labute approximate surface area is 98.0 Å². The van der Waals surface area contributed by atoms with Crippen molar-refractivity contribution in [3.05, 3.63) is 0 Å². The Hall–Kier alpha value is 0.110. The molecular weight excluding hydrogens is 242 g/mol. The van der Waals surface area contributed by atoms with E-state index in [0.717, 1.165) is 23.9 Å². The molecule has 1 rings (SSSR count). The average molecular weight is 264 g/mol. The van der Waals surface area contributed by atoms with Gasteiger partial charge in [0.1, 0.15) is 6.54 Å². The summed E-state index contributed by atoms with van der Waals surface area (Å²) in [5.74, 6) is 0.480. The van der Waals surface area contributed by atoms with Gasteiger partial charge in [0.05, 0.1) is 19.6 Å². The molecule has 0 radical (unpaired) electrons. The van der Waals surface area contributed by atoms with Gasteiger partial charge in [-0.1, -0.05) is 13.8 Å². The van der Waals surface area contributed by atoms with E-state index in [1.807, 2.05) is 0 Å². The fourth-order valence-corrected chi connectivity index (χ4v) is 2.59. The third kappa shape index (κ3) is 3.70. The van der Waals surface area contributed by atoms with Crippen molar-refractivity contribution >= 4 is 5.78 Å². The number of likely N-dealkylation sites (tertiary alicyclic amines) is 1. The maximum Gasteiger partial charge on any atom is 0.187 e. The van der Waals surface area contributed by atoms with Crippen LogP contribution in [-0.4, -0.2) is 36.4 Å². The van der Waals surface area contributed by atoms with Crippen LogP contribution in [0, 0.1) is 0 Å². The van der Waals surface area contributed by atoms with Gasteiger partial charge in [0.25, 0.3) is 0 Å². The normalized spacial score (nSPS) is 20.3. The first-order chi connectivity index (χ1) is 6.22. The topological polar surface area (TPSA) is 17.1 Å². The molecule has 1 aliphatic rings. The van der Waals surface area contributed by atoms with Crippen molar-refractivity contribution in [1.29, 1.82) is 0 Å². The molecule has 84 valence electrons. The Morgan fingerprint density at radius 2 is 1.79 bits per heavy atom. The van der Waals surface area contributed by atoms with Crippen LogP contribution in [0.25, 0.3) is 0 Å². The standard InChI is InChI=1S/C11H22NO.BrH/c1-3-7-12(8-4-2)9-5-6-11(13)10-12;/h3-10H2,1-2H3;1H/q+1;/p-1. The molecular formula is C11H22BrNO. The minimum Gasteiger partial charge on any atom is -1.00 e. The van der Waals surface area contributed by atoms with Crippen molar-refractivity contribution in [3.63, 3.8) is 0 Å². The largest absolute Gasteiger partial charge is 1.00 e. The van der Waals surface area contributed by atoms with Gasteiger partial charge in [0, 0.05) is 12.8 Å². The van der Waals surface area contributed by atoms with Gasteiger partial charge in [-0.25, -0.2) is 0 Å². The Morgan fingerprint density at radius 1 is 1.21 bits per heavy atom. The monoisotopic (exact) mass is 263 g/mol. The van der Waals surface area contributed by atoms with Gasteiger partial charge in [0.15, 0.2) is 5.78 Å². The molecule has 0 amide bonds. The number of carbonyl (C=O) groups is 1. The Morgan fingerprint density at radius 3 is 2.21 bits per heavy atom. The van der Waals surface area contributed by atoms with E-state index in [9.17, 15) is 4.79 Å². The van der Waals surface area contributed by atoms with E-state index >= 15 is 0 Å². The highest BCUT2D eigenvalue weighted by molar-refractivity contribution is 5.79. The van der Waals surface area contributed by atoms with Crippen molar-refractivity contribution in [2.75, 3.05) is 26.2 Å². The molecule has 0 aromatic carbocycles. The summed E-state index contributed by atoms with van der Waals surface area (Å²) in [6.07, 6.45) is 4.34. The number of carbonyl (C=O) groups excluding carboxylic acids is 1. The fraction of sp³-hybridized carbons (Fsp3) is 0.909. The van der Waals surface area contributed by atoms with Crippen LogP contribution in [0.2, 0.25) is 0 Å². The number of piperidine rings is 1. The maximum atomic E-state index is 11.4. The molecule has 0 aliphatic carbocycles. The van der Waals surface area contributed by atoms with E-state index in [4.69, 9.17) is 0 Å². The van der Waals surface area contributed by atoms with Crippen LogP contribution in [-0.2, 0) is 4.79 Å². The summed E-state index contributed by atoms with van der Waals surface area (Å²) in [5, 5.41) is 0. The van der Waals surface area contributed by atoms with Crippen LogP contribution in [0.5, 0.6) is 0 Å². The van der Waals surface area contributed by atoms with E-state index in [1.54, 1.807) is 0 Å². The highest BCUT2D eigenvalue weighted by Crippen LogP contribution is 2.18. The van der Waals surface area contributed by atoms with Crippen molar-refractivity contribution in [1.82, 2.24) is 0 Å².